The number of likely N-dealkylation sites (N-methyl/N-ethyl adjacent to an activating group) is 1. The molecule has 1 atom stereocenters. The van der Waals surface area contributed by atoms with Crippen LogP contribution in [0.5, 0.6) is 5.75 Å². The van der Waals surface area contributed by atoms with Crippen molar-refractivity contribution < 1.29 is 14.3 Å². The summed E-state index contributed by atoms with van der Waals surface area (Å²) in [5, 5.41) is 3.28. The molecular weight excluding hydrogens is 485 g/mol. The Hall–Kier alpha value is -1.75. The fraction of sp³-hybridized carbons (Fsp3) is 0.600. The minimum absolute atomic E-state index is 0. The van der Waals surface area contributed by atoms with Gasteiger partial charge in [-0.25, -0.2) is 4.79 Å². The first kappa shape index (κ1) is 25.3. The van der Waals surface area contributed by atoms with Crippen molar-refractivity contribution in [2.75, 3.05) is 47.4 Å². The van der Waals surface area contributed by atoms with Crippen LogP contribution in [0.3, 0.4) is 0 Å². The number of rotatable bonds is 7. The lowest BCUT2D eigenvalue weighted by atomic mass is 10.1. The predicted octanol–water partition coefficient (Wildman–Crippen LogP) is 2.44. The number of ether oxygens (including phenoxy) is 2. The number of likely N-dealkylation sites (tertiary alicyclic amines) is 1. The molecule has 0 bridgehead atoms. The van der Waals surface area contributed by atoms with Crippen LogP contribution in [-0.4, -0.2) is 75.3 Å². The van der Waals surface area contributed by atoms with Crippen LogP contribution in [0.15, 0.2) is 29.3 Å². The number of nitrogens with one attached hydrogen (secondary N) is 1. The van der Waals surface area contributed by atoms with Crippen LogP contribution in [0.4, 0.5) is 4.79 Å². The number of amides is 1. The average molecular weight is 519 g/mol. The lowest BCUT2D eigenvalue weighted by Gasteiger charge is -2.32. The van der Waals surface area contributed by atoms with E-state index in [1.165, 1.54) is 0 Å². The second-order valence-electron chi connectivity index (χ2n) is 7.09. The summed E-state index contributed by atoms with van der Waals surface area (Å²) in [6, 6.07) is 8.31. The Labute approximate surface area is 190 Å². The molecule has 0 aromatic heterocycles. The van der Waals surface area contributed by atoms with Crippen molar-refractivity contribution in [2.45, 2.75) is 31.8 Å². The van der Waals surface area contributed by atoms with Gasteiger partial charge in [-0.1, -0.05) is 12.1 Å². The highest BCUT2D eigenvalue weighted by Gasteiger charge is 2.24. The zero-order valence-corrected chi connectivity index (χ0v) is 20.1. The normalized spacial score (nSPS) is 16.2. The van der Waals surface area contributed by atoms with E-state index in [-0.39, 0.29) is 42.2 Å². The molecule has 1 aromatic rings. The average Bonchev–Trinajstić information content (AvgIpc) is 2.68. The van der Waals surface area contributed by atoms with Gasteiger partial charge in [0.2, 0.25) is 0 Å². The second-order valence-corrected chi connectivity index (χ2v) is 7.09. The Balaban J connectivity index is 0.00000420. The molecule has 2 rings (SSSR count). The van der Waals surface area contributed by atoms with E-state index in [0.717, 1.165) is 24.2 Å². The van der Waals surface area contributed by atoms with Gasteiger partial charge in [-0.05, 0) is 51.6 Å². The smallest absolute Gasteiger partial charge is 0.409 e. The van der Waals surface area contributed by atoms with E-state index in [1.54, 1.807) is 12.0 Å². The van der Waals surface area contributed by atoms with Crippen molar-refractivity contribution in [1.29, 1.82) is 0 Å². The number of nitrogens with two attached hydrogens (primary N) is 1. The van der Waals surface area contributed by atoms with Gasteiger partial charge in [0, 0.05) is 19.1 Å². The van der Waals surface area contributed by atoms with E-state index in [1.807, 2.05) is 39.2 Å². The van der Waals surface area contributed by atoms with Crippen LogP contribution in [0, 0.1) is 0 Å². The maximum atomic E-state index is 11.8. The van der Waals surface area contributed by atoms with Gasteiger partial charge >= 0.3 is 6.09 Å². The van der Waals surface area contributed by atoms with Crippen molar-refractivity contribution >= 4 is 36.0 Å². The van der Waals surface area contributed by atoms with E-state index in [9.17, 15) is 4.79 Å². The molecule has 0 radical (unpaired) electrons. The molecule has 1 amide bonds. The van der Waals surface area contributed by atoms with Gasteiger partial charge in [0.1, 0.15) is 5.75 Å². The summed E-state index contributed by atoms with van der Waals surface area (Å²) < 4.78 is 10.4. The predicted molar refractivity (Wildman–Crippen MR) is 126 cm³/mol. The zero-order chi connectivity index (χ0) is 20.5. The van der Waals surface area contributed by atoms with Crippen molar-refractivity contribution in [1.82, 2.24) is 15.1 Å². The lowest BCUT2D eigenvalue weighted by molar-refractivity contribution is 0.0963. The topological polar surface area (TPSA) is 92.4 Å². The minimum Gasteiger partial charge on any atom is -0.497 e. The second kappa shape index (κ2) is 12.7. The molecule has 1 saturated heterocycles. The molecule has 1 fully saturated rings. The van der Waals surface area contributed by atoms with E-state index >= 15 is 0 Å². The van der Waals surface area contributed by atoms with Gasteiger partial charge in [0.15, 0.2) is 5.96 Å². The molecule has 0 saturated carbocycles. The van der Waals surface area contributed by atoms with Crippen molar-refractivity contribution in [3.8, 4) is 5.75 Å². The van der Waals surface area contributed by atoms with Gasteiger partial charge in [-0.3, -0.25) is 4.99 Å². The summed E-state index contributed by atoms with van der Waals surface area (Å²) in [7, 11) is 5.71. The highest BCUT2D eigenvalue weighted by Crippen LogP contribution is 2.23. The number of hydrogen-bond donors (Lipinski definition) is 2. The highest BCUT2D eigenvalue weighted by atomic mass is 127. The fourth-order valence-corrected chi connectivity index (χ4v) is 3.28. The minimum atomic E-state index is -0.241. The maximum absolute atomic E-state index is 11.8. The summed E-state index contributed by atoms with van der Waals surface area (Å²) in [5.74, 6) is 1.26. The summed E-state index contributed by atoms with van der Waals surface area (Å²) in [5.41, 5.74) is 7.25. The van der Waals surface area contributed by atoms with E-state index in [0.29, 0.717) is 32.2 Å². The Bertz CT molecular complexity index is 663. The van der Waals surface area contributed by atoms with Gasteiger partial charge < -0.3 is 30.3 Å². The molecule has 0 spiro atoms. The Kier molecular flexibility index (Phi) is 11.1. The number of carbonyl (C=O) groups is 1. The van der Waals surface area contributed by atoms with Crippen molar-refractivity contribution in [3.63, 3.8) is 0 Å². The molecule has 0 aliphatic carbocycles. The number of halogens is 1. The third-order valence-electron chi connectivity index (χ3n) is 4.91. The lowest BCUT2D eigenvalue weighted by Crippen LogP contribution is -2.48. The molecule has 29 heavy (non-hydrogen) atoms. The summed E-state index contributed by atoms with van der Waals surface area (Å²) in [6.45, 7) is 4.08. The molecule has 1 unspecified atom stereocenters. The van der Waals surface area contributed by atoms with Crippen LogP contribution in [0.25, 0.3) is 0 Å². The number of aliphatic imine (C=N–C) groups is 1. The quantitative estimate of drug-likeness (QED) is 0.327. The number of guanidine groups is 1. The number of carbonyl (C=O) groups excluding carboxylic acids is 1. The molecule has 164 valence electrons. The van der Waals surface area contributed by atoms with Crippen molar-refractivity contribution in [3.05, 3.63) is 29.8 Å². The molecule has 3 N–H and O–H groups in total. The standard InChI is InChI=1S/C20H33N5O3.HI/c1-5-28-20(26)25-11-9-16(10-12-25)23-19(21)22-14-18(24(2)3)15-7-6-8-17(13-15)27-4;/h6-8,13,16,18H,5,9-12,14H2,1-4H3,(H3,21,22,23);1H. The van der Waals surface area contributed by atoms with Crippen LogP contribution < -0.4 is 15.8 Å². The van der Waals surface area contributed by atoms with Crippen LogP contribution in [-0.2, 0) is 4.74 Å². The number of piperidine rings is 1. The first-order valence-electron chi connectivity index (χ1n) is 9.73. The molecule has 1 aromatic carbocycles. The Morgan fingerprint density at radius 2 is 2.07 bits per heavy atom. The SMILES string of the molecule is CCOC(=O)N1CCC(NC(N)=NCC(c2cccc(OC)c2)N(C)C)CC1.I. The fourth-order valence-electron chi connectivity index (χ4n) is 3.28. The Morgan fingerprint density at radius 1 is 1.38 bits per heavy atom. The van der Waals surface area contributed by atoms with Crippen molar-refractivity contribution in [2.24, 2.45) is 10.7 Å². The monoisotopic (exact) mass is 519 g/mol. The van der Waals surface area contributed by atoms with Crippen LogP contribution in [0.2, 0.25) is 0 Å². The van der Waals surface area contributed by atoms with Crippen LogP contribution in [0.1, 0.15) is 31.4 Å². The Morgan fingerprint density at radius 3 is 2.66 bits per heavy atom. The van der Waals surface area contributed by atoms with Gasteiger partial charge in [0.05, 0.1) is 26.3 Å². The molecule has 8 nitrogen and oxygen atoms in total. The number of nitrogens with zero attached hydrogens (tertiary/aromatic N) is 3. The molecule has 9 heteroatoms. The van der Waals surface area contributed by atoms with E-state index in [2.05, 4.69) is 21.3 Å². The number of methoxy groups -OCH3 is 1. The zero-order valence-electron chi connectivity index (χ0n) is 17.8. The maximum Gasteiger partial charge on any atom is 0.409 e. The number of hydrogen-bond acceptors (Lipinski definition) is 5. The van der Waals surface area contributed by atoms with Gasteiger partial charge in [0.25, 0.3) is 0 Å². The van der Waals surface area contributed by atoms with E-state index < -0.39 is 0 Å². The van der Waals surface area contributed by atoms with Gasteiger partial charge in [-0.15, -0.1) is 24.0 Å². The molecule has 1 heterocycles. The van der Waals surface area contributed by atoms with E-state index in [4.69, 9.17) is 15.2 Å². The first-order chi connectivity index (χ1) is 13.4. The molecule has 1 aliphatic rings. The van der Waals surface area contributed by atoms with Crippen LogP contribution >= 0.6 is 24.0 Å². The highest BCUT2D eigenvalue weighted by molar-refractivity contribution is 14.0. The largest absolute Gasteiger partial charge is 0.497 e. The first-order valence-corrected chi connectivity index (χ1v) is 9.73. The molecular formula is C20H34IN5O3. The summed E-state index contributed by atoms with van der Waals surface area (Å²) in [6.07, 6.45) is 1.40. The summed E-state index contributed by atoms with van der Waals surface area (Å²) >= 11 is 0. The molecule has 1 aliphatic heterocycles. The third kappa shape index (κ3) is 7.88. The third-order valence-corrected chi connectivity index (χ3v) is 4.91. The summed E-state index contributed by atoms with van der Waals surface area (Å²) in [4.78, 5) is 20.2. The van der Waals surface area contributed by atoms with Gasteiger partial charge in [-0.2, -0.15) is 0 Å². The number of benzene rings is 1.